The molecule has 1 atom stereocenters. The van der Waals surface area contributed by atoms with Crippen molar-refractivity contribution in [2.75, 3.05) is 5.32 Å². The molecule has 1 aliphatic heterocycles. The maximum atomic E-state index is 12.6. The molecule has 1 unspecified atom stereocenters. The minimum Gasteiger partial charge on any atom is -0.325 e. The second-order valence-electron chi connectivity index (χ2n) is 6.64. The number of amidine groups is 1. The fraction of sp³-hybridized carbons (Fsp3) is 0.273. The van der Waals surface area contributed by atoms with Gasteiger partial charge in [0, 0.05) is 12.1 Å². The van der Waals surface area contributed by atoms with Crippen molar-refractivity contribution < 1.29 is 9.59 Å². The molecule has 0 saturated carbocycles. The second kappa shape index (κ2) is 10.6. The van der Waals surface area contributed by atoms with Crippen LogP contribution in [0.4, 0.5) is 5.69 Å². The molecule has 150 valence electrons. The van der Waals surface area contributed by atoms with E-state index in [4.69, 9.17) is 0 Å². The highest BCUT2D eigenvalue weighted by Crippen LogP contribution is 2.23. The summed E-state index contributed by atoms with van der Waals surface area (Å²) < 4.78 is 0. The molecule has 1 saturated heterocycles. The van der Waals surface area contributed by atoms with Gasteiger partial charge in [-0.2, -0.15) is 5.10 Å². The minimum absolute atomic E-state index is 0.105. The van der Waals surface area contributed by atoms with Crippen molar-refractivity contribution in [1.29, 1.82) is 0 Å². The van der Waals surface area contributed by atoms with Crippen molar-refractivity contribution in [3.8, 4) is 0 Å². The van der Waals surface area contributed by atoms with Gasteiger partial charge in [0.25, 0.3) is 0 Å². The fourth-order valence-corrected chi connectivity index (χ4v) is 3.75. The first-order chi connectivity index (χ1) is 14.2. The van der Waals surface area contributed by atoms with Gasteiger partial charge >= 0.3 is 0 Å². The third-order valence-electron chi connectivity index (χ3n) is 4.34. The summed E-state index contributed by atoms with van der Waals surface area (Å²) in [5.74, 6) is -0.456. The van der Waals surface area contributed by atoms with Gasteiger partial charge in [0.1, 0.15) is 5.25 Å². The molecule has 6 nitrogen and oxygen atoms in total. The Balaban J connectivity index is 1.74. The zero-order valence-electron chi connectivity index (χ0n) is 16.3. The summed E-state index contributed by atoms with van der Waals surface area (Å²) in [6, 6.07) is 19.1. The smallest absolute Gasteiger partial charge is 0.238 e. The van der Waals surface area contributed by atoms with Crippen molar-refractivity contribution in [3.63, 3.8) is 0 Å². The molecular formula is C22H24N4O2S. The van der Waals surface area contributed by atoms with Crippen LogP contribution in [0.3, 0.4) is 0 Å². The summed E-state index contributed by atoms with van der Waals surface area (Å²) in [7, 11) is 0. The van der Waals surface area contributed by atoms with Gasteiger partial charge in [0.15, 0.2) is 5.17 Å². The summed E-state index contributed by atoms with van der Waals surface area (Å²) in [6.45, 7) is 2.13. The van der Waals surface area contributed by atoms with Gasteiger partial charge in [-0.25, -0.2) is 0 Å². The molecule has 0 radical (unpaired) electrons. The number of benzene rings is 2. The highest BCUT2D eigenvalue weighted by Gasteiger charge is 2.30. The lowest BCUT2D eigenvalue weighted by Crippen LogP contribution is -2.41. The van der Waals surface area contributed by atoms with Gasteiger partial charge in [-0.3, -0.25) is 9.59 Å². The van der Waals surface area contributed by atoms with Crippen molar-refractivity contribution >= 4 is 40.1 Å². The average molecular weight is 409 g/mol. The van der Waals surface area contributed by atoms with E-state index in [2.05, 4.69) is 27.8 Å². The number of hydrogen-bond donors (Lipinski definition) is 2. The lowest BCUT2D eigenvalue weighted by atomic mass is 10.1. The van der Waals surface area contributed by atoms with Crippen molar-refractivity contribution in [2.45, 2.75) is 37.9 Å². The highest BCUT2D eigenvalue weighted by atomic mass is 32.2. The number of nitrogens with one attached hydrogen (secondary N) is 2. The second-order valence-corrected chi connectivity index (χ2v) is 7.83. The molecule has 2 amide bonds. The molecule has 7 heteroatoms. The first kappa shape index (κ1) is 20.8. The van der Waals surface area contributed by atoms with Crippen LogP contribution in [0.1, 0.15) is 38.2 Å². The van der Waals surface area contributed by atoms with Crippen LogP contribution in [0.15, 0.2) is 70.9 Å². The maximum Gasteiger partial charge on any atom is 0.238 e. The van der Waals surface area contributed by atoms with Crippen LogP contribution in [0, 0.1) is 0 Å². The number of anilines is 1. The molecule has 29 heavy (non-hydrogen) atoms. The van der Waals surface area contributed by atoms with Gasteiger partial charge in [-0.15, -0.1) is 5.10 Å². The Labute approximate surface area is 174 Å². The van der Waals surface area contributed by atoms with Gasteiger partial charge in [-0.05, 0) is 30.5 Å². The maximum absolute atomic E-state index is 12.6. The van der Waals surface area contributed by atoms with Crippen molar-refractivity contribution in [1.82, 2.24) is 5.32 Å². The molecule has 2 aromatic rings. The molecule has 0 bridgehead atoms. The lowest BCUT2D eigenvalue weighted by Gasteiger charge is -2.21. The number of amides is 2. The molecule has 3 rings (SSSR count). The minimum atomic E-state index is -0.547. The van der Waals surface area contributed by atoms with Crippen LogP contribution in [-0.4, -0.2) is 27.9 Å². The third-order valence-corrected chi connectivity index (χ3v) is 5.41. The topological polar surface area (TPSA) is 82.9 Å². The Morgan fingerprint density at radius 3 is 2.52 bits per heavy atom. The van der Waals surface area contributed by atoms with Crippen LogP contribution < -0.4 is 10.6 Å². The predicted molar refractivity (Wildman–Crippen MR) is 119 cm³/mol. The van der Waals surface area contributed by atoms with Gasteiger partial charge in [-0.1, -0.05) is 73.6 Å². The Hall–Kier alpha value is -2.93. The van der Waals surface area contributed by atoms with E-state index in [-0.39, 0.29) is 18.2 Å². The van der Waals surface area contributed by atoms with E-state index >= 15 is 0 Å². The average Bonchev–Trinajstić information content (AvgIpc) is 2.75. The number of rotatable bonds is 7. The van der Waals surface area contributed by atoms with E-state index in [0.717, 1.165) is 30.5 Å². The number of para-hydroxylation sites is 1. The van der Waals surface area contributed by atoms with Crippen LogP contribution >= 0.6 is 11.8 Å². The van der Waals surface area contributed by atoms with Crippen LogP contribution in [-0.2, 0) is 9.59 Å². The zero-order chi connectivity index (χ0) is 20.5. The summed E-state index contributed by atoms with van der Waals surface area (Å²) in [5, 5.41) is 14.0. The van der Waals surface area contributed by atoms with Crippen LogP contribution in [0.25, 0.3) is 0 Å². The van der Waals surface area contributed by atoms with Crippen molar-refractivity contribution in [2.24, 2.45) is 10.2 Å². The fourth-order valence-electron chi connectivity index (χ4n) is 2.82. The van der Waals surface area contributed by atoms with E-state index in [1.165, 1.54) is 11.8 Å². The van der Waals surface area contributed by atoms with Gasteiger partial charge in [0.2, 0.25) is 11.8 Å². The first-order valence-electron chi connectivity index (χ1n) is 9.68. The monoisotopic (exact) mass is 408 g/mol. The summed E-state index contributed by atoms with van der Waals surface area (Å²) in [4.78, 5) is 24.7. The molecule has 0 aromatic heterocycles. The van der Waals surface area contributed by atoms with E-state index in [0.29, 0.717) is 10.9 Å². The molecule has 1 aliphatic rings. The molecule has 1 fully saturated rings. The number of hydrogen-bond acceptors (Lipinski definition) is 5. The Kier molecular flexibility index (Phi) is 7.58. The number of nitrogens with zero attached hydrogens (tertiary/aromatic N) is 2. The molecule has 2 aromatic carbocycles. The van der Waals surface area contributed by atoms with E-state index in [1.54, 1.807) is 0 Å². The normalized spacial score (nSPS) is 18.4. The molecule has 2 N–H and O–H groups in total. The Morgan fingerprint density at radius 1 is 1.14 bits per heavy atom. The number of carbonyl (C=O) groups is 2. The number of thioether (sulfide) groups is 1. The van der Waals surface area contributed by atoms with Crippen LogP contribution in [0.5, 0.6) is 0 Å². The molecule has 0 spiro atoms. The first-order valence-corrected chi connectivity index (χ1v) is 10.6. The summed E-state index contributed by atoms with van der Waals surface area (Å²) >= 11 is 1.22. The molecule has 1 heterocycles. The summed E-state index contributed by atoms with van der Waals surface area (Å²) in [5.41, 5.74) is 2.58. The molecule has 0 aliphatic carbocycles. The van der Waals surface area contributed by atoms with E-state index in [1.807, 2.05) is 60.7 Å². The number of unbranched alkanes of at least 4 members (excludes halogenated alkanes) is 1. The largest absolute Gasteiger partial charge is 0.325 e. The molecular weight excluding hydrogens is 384 g/mol. The highest BCUT2D eigenvalue weighted by molar-refractivity contribution is 8.15. The van der Waals surface area contributed by atoms with Crippen molar-refractivity contribution in [3.05, 3.63) is 66.2 Å². The third kappa shape index (κ3) is 6.29. The zero-order valence-corrected chi connectivity index (χ0v) is 17.1. The standard InChI is InChI=1S/C22H24N4O2S/c1-2-3-14-18(16-10-6-4-7-11-16)25-26-22-24-20(27)15-19(29-22)21(28)23-17-12-8-5-9-13-17/h4-13,19H,2-3,14-15H2,1H3,(H,23,28)(H,24,26,27). The SMILES string of the molecule is CCCCC(=NN=C1NC(=O)CC(C(=O)Nc2ccccc2)S1)c1ccccc1. The number of carbonyl (C=O) groups excluding carboxylic acids is 2. The van der Waals surface area contributed by atoms with E-state index < -0.39 is 5.25 Å². The Morgan fingerprint density at radius 2 is 1.83 bits per heavy atom. The predicted octanol–water partition coefficient (Wildman–Crippen LogP) is 4.20. The lowest BCUT2D eigenvalue weighted by molar-refractivity contribution is -0.123. The quantitative estimate of drug-likeness (QED) is 0.532. The Bertz CT molecular complexity index is 898. The van der Waals surface area contributed by atoms with Gasteiger partial charge < -0.3 is 10.6 Å². The van der Waals surface area contributed by atoms with E-state index in [9.17, 15) is 9.59 Å². The van der Waals surface area contributed by atoms with Gasteiger partial charge in [0.05, 0.1) is 5.71 Å². The van der Waals surface area contributed by atoms with Crippen LogP contribution in [0.2, 0.25) is 0 Å². The summed E-state index contributed by atoms with van der Waals surface area (Å²) in [6.07, 6.45) is 2.96.